The monoisotopic (exact) mass is 1520 g/mol. The van der Waals surface area contributed by atoms with Crippen molar-refractivity contribution < 1.29 is 95.7 Å². The number of carbonyl (C=O) groups excluding carboxylic acids is 16. The summed E-state index contributed by atoms with van der Waals surface area (Å²) in [6.07, 6.45) is 4.66. The third-order valence-electron chi connectivity index (χ3n) is 10.3. The number of carbonyl (C=O) groups is 16. The zero-order chi connectivity index (χ0) is 84.0. The molecule has 107 heavy (non-hydrogen) atoms. The molecule has 0 heterocycles. The van der Waals surface area contributed by atoms with Crippen LogP contribution in [0.5, 0.6) is 0 Å². The van der Waals surface area contributed by atoms with Crippen LogP contribution in [0.4, 0.5) is 52.7 Å². The van der Waals surface area contributed by atoms with E-state index >= 15 is 0 Å². The molecule has 1 aromatic rings. The van der Waals surface area contributed by atoms with Crippen molar-refractivity contribution in [1.29, 1.82) is 0 Å². The number of hydrogen-bond acceptors (Lipinski definition) is 20. The van der Waals surface area contributed by atoms with Crippen LogP contribution in [0.2, 0.25) is 0 Å². The fourth-order valence-corrected chi connectivity index (χ4v) is 5.90. The normalized spacial score (nSPS) is 11.8. The summed E-state index contributed by atoms with van der Waals surface area (Å²) < 4.78 is 18.8. The number of nitrogens with zero attached hydrogens (tertiary/aromatic N) is 20. The van der Waals surface area contributed by atoms with Crippen LogP contribution in [0.1, 0.15) is 161 Å². The van der Waals surface area contributed by atoms with Crippen molar-refractivity contribution in [1.82, 2.24) is 24.9 Å². The summed E-state index contributed by atoms with van der Waals surface area (Å²) in [5.74, 6) is -1.47. The minimum atomic E-state index is -0.987. The van der Waals surface area contributed by atoms with Gasteiger partial charge in [-0.3, -0.25) is 24.0 Å². The maximum atomic E-state index is 11.4. The summed E-state index contributed by atoms with van der Waals surface area (Å²) in [6, 6.07) is 4.22. The van der Waals surface area contributed by atoms with Crippen LogP contribution in [-0.2, 0) is 49.3 Å². The summed E-state index contributed by atoms with van der Waals surface area (Å²) in [7, 11) is 10.5. The van der Waals surface area contributed by atoms with Gasteiger partial charge in [-0.25, -0.2) is 52.7 Å². The maximum Gasteiger partial charge on any atom is 0.453 e. The van der Waals surface area contributed by atoms with Crippen molar-refractivity contribution in [2.75, 3.05) is 69.0 Å². The Kier molecular flexibility index (Phi) is 62.4. The summed E-state index contributed by atoms with van der Waals surface area (Å²) in [6.45, 7) is 30.8. The molecule has 0 unspecified atom stereocenters. The molecule has 0 aliphatic heterocycles. The van der Waals surface area contributed by atoms with Gasteiger partial charge in [-0.1, -0.05) is 147 Å². The van der Waals surface area contributed by atoms with Crippen LogP contribution in [0, 0.1) is 17.3 Å². The first-order chi connectivity index (χ1) is 49.5. The Balaban J connectivity index is -0.000000275. The predicted molar refractivity (Wildman–Crippen MR) is 385 cm³/mol. The summed E-state index contributed by atoms with van der Waals surface area (Å²) in [5, 5.41) is 52.1. The molecule has 23 amide bonds. The molecule has 0 saturated heterocycles. The van der Waals surface area contributed by atoms with Crippen LogP contribution in [-0.4, -0.2) is 203 Å². The third-order valence-corrected chi connectivity index (χ3v) is 10.3. The lowest BCUT2D eigenvalue weighted by Gasteiger charge is -2.19. The minimum absolute atomic E-state index is 0.129. The van der Waals surface area contributed by atoms with Crippen LogP contribution in [0.3, 0.4) is 0 Å². The number of likely N-dealkylation sites (N-methyl/N-ethyl adjacent to an activating group) is 1. The van der Waals surface area contributed by atoms with Gasteiger partial charge in [0.25, 0.3) is 29.5 Å². The lowest BCUT2D eigenvalue weighted by Crippen LogP contribution is -2.27. The van der Waals surface area contributed by atoms with Crippen molar-refractivity contribution >= 4 is 96.1 Å². The largest absolute Gasteiger partial charge is 0.453 e. The van der Waals surface area contributed by atoms with Gasteiger partial charge in [-0.2, -0.15) is 0 Å². The van der Waals surface area contributed by atoms with Gasteiger partial charge in [0, 0.05) is 88.6 Å². The predicted octanol–water partition coefficient (Wildman–Crippen LogP) is 14.2. The number of urea groups is 7. The molecule has 598 valence electrons. The molecule has 0 atom stereocenters. The molecule has 1 aromatic carbocycles. The summed E-state index contributed by atoms with van der Waals surface area (Å²) in [5.41, 5.74) is 9.13. The molecule has 1 aliphatic rings. The second kappa shape index (κ2) is 62.8. The van der Waals surface area contributed by atoms with E-state index in [-0.39, 0.29) is 48.9 Å². The van der Waals surface area contributed by atoms with E-state index in [1.165, 1.54) is 95.1 Å². The Morgan fingerprint density at radius 2 is 0.944 bits per heavy atom. The van der Waals surface area contributed by atoms with Crippen molar-refractivity contribution in [3.63, 3.8) is 0 Å². The number of azo groups is 8. The highest BCUT2D eigenvalue weighted by Crippen LogP contribution is 2.26. The standard InChI is InChI=1S/C12H20N2O3.C11H12N2O3.C11H20N2O3.C9H16N2O3.C8H13N3O2.C6H12N4O2.C4H8N4O2.C3H6N4O2/c1-9(2)17-12(16)14-13-11(15)8-10-6-4-3-5-7-10;1-2-16-11(15)13-12-10(14)8-9-6-4-3-5-7-9;1-10(2,3)7-8(14)12-13-9(15)16-11(4,5)6;1-6(2)5-8(12)10-11-9(13)14-7(3)4;1-4-6-11(5-2)8(13)10-9-7(3)12;1-9(2)5(11)7-8-6(12)10(3)4;1-8(2)4(10)7-6-3(5)9;1-5-3(9)7-6-2(4)8/h9-10H,3-8H2,1-2H3;3-7H,2,8H2,1H3;7H2,1-6H3;6-7H,5H2,1-4H3;4H,1,5-6H2,2-3H3;1-4H3;1-2H3,(H2,5,9);1H3,(H2,4,8)(H,5,9). The minimum Gasteiger partial charge on any atom is -0.447 e. The molecule has 1 aliphatic carbocycles. The first-order valence-electron chi connectivity index (χ1n) is 32.6. The molecule has 43 nitrogen and oxygen atoms in total. The van der Waals surface area contributed by atoms with Gasteiger partial charge in [0.1, 0.15) is 5.60 Å². The van der Waals surface area contributed by atoms with E-state index in [1.807, 2.05) is 59.7 Å². The van der Waals surface area contributed by atoms with Crippen molar-refractivity contribution in [3.05, 3.63) is 48.6 Å². The molecular formula is C64H107N23O20. The first kappa shape index (κ1) is 106. The van der Waals surface area contributed by atoms with E-state index in [2.05, 4.69) is 115 Å². The first-order valence-corrected chi connectivity index (χ1v) is 32.6. The van der Waals surface area contributed by atoms with Crippen molar-refractivity contribution in [3.8, 4) is 0 Å². The molecule has 0 aromatic heterocycles. The van der Waals surface area contributed by atoms with Crippen LogP contribution < -0.4 is 16.8 Å². The van der Waals surface area contributed by atoms with Crippen molar-refractivity contribution in [2.24, 2.45) is 111 Å². The Bertz CT molecular complexity index is 3160. The average molecular weight is 1520 g/mol. The SMILES string of the molecule is C=CCN(CC)C(=O)N=NC(C)=O.CC(C)(C)CC(=O)N=NC(=O)OC(C)(C)C.CC(C)CC(=O)N=NC(=O)OC(C)C.CC(C)OC(=O)N=NC(=O)CC1CCCCC1.CCOC(=O)N=NC(=O)Cc1ccccc1.CN(C)C(=O)N=NC(=O)N(C)C.CN(C)C(=O)N=NC(N)=O.CNC(=O)N=NC(N)=O. The van der Waals surface area contributed by atoms with Gasteiger partial charge in [0.15, 0.2) is 0 Å². The average Bonchev–Trinajstić information content (AvgIpc) is 1.05. The number of hydrogen-bond donors (Lipinski definition) is 3. The van der Waals surface area contributed by atoms with E-state index in [0.29, 0.717) is 31.8 Å². The fourth-order valence-electron chi connectivity index (χ4n) is 5.90. The molecule has 2 rings (SSSR count). The lowest BCUT2D eigenvalue weighted by molar-refractivity contribution is -0.120. The molecule has 0 radical (unpaired) electrons. The molecule has 43 heteroatoms. The number of nitrogens with one attached hydrogen (secondary N) is 1. The number of ether oxygens (including phenoxy) is 4. The molecule has 0 bridgehead atoms. The Morgan fingerprint density at radius 1 is 0.533 bits per heavy atom. The summed E-state index contributed by atoms with van der Waals surface area (Å²) >= 11 is 0. The van der Waals surface area contributed by atoms with E-state index in [0.717, 1.165) is 18.4 Å². The molecule has 1 fully saturated rings. The Hall–Kier alpha value is -11.7. The second-order valence-electron chi connectivity index (χ2n) is 24.8. The third kappa shape index (κ3) is 79.8. The Morgan fingerprint density at radius 3 is 1.33 bits per heavy atom. The Labute approximate surface area is 622 Å². The van der Waals surface area contributed by atoms with E-state index in [1.54, 1.807) is 73.6 Å². The zero-order valence-corrected chi connectivity index (χ0v) is 65.2. The van der Waals surface area contributed by atoms with Crippen LogP contribution >= 0.6 is 0 Å². The van der Waals surface area contributed by atoms with E-state index in [4.69, 9.17) is 9.47 Å². The number of amides is 23. The number of benzene rings is 1. The second-order valence-corrected chi connectivity index (χ2v) is 24.8. The fraction of sp³-hybridized carbons (Fsp3) is 0.625. The topological polar surface area (TPSA) is 585 Å². The molecular weight excluding hydrogens is 1410 g/mol. The number of rotatable bonds is 13. The van der Waals surface area contributed by atoms with Gasteiger partial charge < -0.3 is 55.3 Å². The lowest BCUT2D eigenvalue weighted by atomic mass is 9.87. The van der Waals surface area contributed by atoms with E-state index in [9.17, 15) is 76.7 Å². The van der Waals surface area contributed by atoms with E-state index < -0.39 is 95.8 Å². The van der Waals surface area contributed by atoms with Gasteiger partial charge in [-0.05, 0) is 98.0 Å². The van der Waals surface area contributed by atoms with Crippen LogP contribution in [0.15, 0.2) is 125 Å². The van der Waals surface area contributed by atoms with Gasteiger partial charge in [-0.15, -0.1) is 32.2 Å². The van der Waals surface area contributed by atoms with Gasteiger partial charge >= 0.3 is 66.6 Å². The highest BCUT2D eigenvalue weighted by atomic mass is 16.6. The smallest absolute Gasteiger partial charge is 0.447 e. The maximum absolute atomic E-state index is 11.4. The van der Waals surface area contributed by atoms with Gasteiger partial charge in [0.2, 0.25) is 0 Å². The number of primary amides is 2. The highest BCUT2D eigenvalue weighted by Gasteiger charge is 2.20. The molecule has 5 N–H and O–H groups in total. The zero-order valence-electron chi connectivity index (χ0n) is 65.2. The van der Waals surface area contributed by atoms with Crippen molar-refractivity contribution in [2.45, 2.75) is 179 Å². The quantitative estimate of drug-likeness (QED) is 0.0938. The highest BCUT2D eigenvalue weighted by molar-refractivity contribution is 5.83. The van der Waals surface area contributed by atoms with Gasteiger partial charge in [0.05, 0.1) is 25.2 Å². The van der Waals surface area contributed by atoms with Crippen LogP contribution in [0.25, 0.3) is 0 Å². The molecule has 0 spiro atoms. The molecule has 1 saturated carbocycles. The summed E-state index contributed by atoms with van der Waals surface area (Å²) in [4.78, 5) is 177. The number of nitrogens with two attached hydrogens (primary N) is 2.